The van der Waals surface area contributed by atoms with E-state index in [0.717, 1.165) is 4.57 Å². The van der Waals surface area contributed by atoms with E-state index in [9.17, 15) is 9.59 Å². The van der Waals surface area contributed by atoms with Crippen LogP contribution >= 0.6 is 11.6 Å². The Bertz CT molecular complexity index is 720. The maximum atomic E-state index is 12.3. The van der Waals surface area contributed by atoms with Gasteiger partial charge >= 0.3 is 5.69 Å². The molecule has 0 aliphatic rings. The molecule has 0 atom stereocenters. The van der Waals surface area contributed by atoms with Crippen LogP contribution in [0.3, 0.4) is 0 Å². The third-order valence-corrected chi connectivity index (χ3v) is 3.38. The molecular weight excluding hydrogens is 292 g/mol. The second kappa shape index (κ2) is 6.63. The Morgan fingerprint density at radius 3 is 2.52 bits per heavy atom. The Morgan fingerprint density at radius 1 is 1.24 bits per heavy atom. The van der Waals surface area contributed by atoms with Crippen LogP contribution in [0.2, 0.25) is 5.15 Å². The van der Waals surface area contributed by atoms with Gasteiger partial charge in [-0.05, 0) is 18.1 Å². The lowest BCUT2D eigenvalue weighted by molar-refractivity contribution is 0.293. The maximum Gasteiger partial charge on any atom is 0.329 e. The quantitative estimate of drug-likeness (QED) is 0.863. The highest BCUT2D eigenvalue weighted by atomic mass is 35.5. The summed E-state index contributed by atoms with van der Waals surface area (Å²) >= 11 is 5.93. The topological polar surface area (TPSA) is 64.1 Å². The van der Waals surface area contributed by atoms with Gasteiger partial charge in [0, 0.05) is 0 Å². The summed E-state index contributed by atoms with van der Waals surface area (Å²) in [6, 6.07) is 9.22. The van der Waals surface area contributed by atoms with Crippen LogP contribution < -0.4 is 16.0 Å². The fourth-order valence-corrected chi connectivity index (χ4v) is 2.42. The summed E-state index contributed by atoms with van der Waals surface area (Å²) in [5, 5.41) is 0.111. The minimum atomic E-state index is -0.522. The van der Waals surface area contributed by atoms with Crippen molar-refractivity contribution in [1.82, 2.24) is 9.55 Å². The van der Waals surface area contributed by atoms with Crippen molar-refractivity contribution in [3.8, 4) is 5.75 Å². The fourth-order valence-electron chi connectivity index (χ4n) is 2.04. The lowest BCUT2D eigenvalue weighted by Crippen LogP contribution is -2.39. The number of ether oxygens (including phenoxy) is 1. The zero-order valence-electron chi connectivity index (χ0n) is 11.9. The van der Waals surface area contributed by atoms with Gasteiger partial charge in [-0.15, -0.1) is 0 Å². The van der Waals surface area contributed by atoms with E-state index in [4.69, 9.17) is 16.3 Å². The van der Waals surface area contributed by atoms with E-state index < -0.39 is 5.69 Å². The number of aromatic nitrogens is 2. The number of nitrogens with one attached hydrogen (secondary N) is 1. The van der Waals surface area contributed by atoms with E-state index in [0.29, 0.717) is 11.3 Å². The molecule has 2 aromatic rings. The molecule has 0 radical (unpaired) electrons. The molecule has 0 aliphatic carbocycles. The molecule has 0 aliphatic heterocycles. The van der Waals surface area contributed by atoms with Crippen molar-refractivity contribution in [2.75, 3.05) is 6.61 Å². The summed E-state index contributed by atoms with van der Waals surface area (Å²) in [6.45, 7) is 4.10. The number of hydrogen-bond donors (Lipinski definition) is 1. The molecule has 0 bridgehead atoms. The number of rotatable bonds is 5. The van der Waals surface area contributed by atoms with E-state index in [1.165, 1.54) is 0 Å². The summed E-state index contributed by atoms with van der Waals surface area (Å²) in [5.74, 6) is 0.628. The predicted molar refractivity (Wildman–Crippen MR) is 82.4 cm³/mol. The van der Waals surface area contributed by atoms with Crippen molar-refractivity contribution in [3.63, 3.8) is 0 Å². The summed E-state index contributed by atoms with van der Waals surface area (Å²) < 4.78 is 6.62. The molecule has 112 valence electrons. The Hall–Kier alpha value is -2.01. The van der Waals surface area contributed by atoms with Gasteiger partial charge in [0.2, 0.25) is 0 Å². The largest absolute Gasteiger partial charge is 0.492 e. The Labute approximate surface area is 127 Å². The van der Waals surface area contributed by atoms with Crippen LogP contribution in [-0.4, -0.2) is 16.2 Å². The molecule has 0 fully saturated rings. The normalized spacial score (nSPS) is 10.9. The Kier molecular flexibility index (Phi) is 4.85. The standard InChI is InChI=1S/C15H17ClN2O3/c1-10(2)12-13(16)17-15(20)18(14(12)19)8-9-21-11-6-4-3-5-7-11/h3-7,10H,8-9H2,1-2H3,(H,17,20). The van der Waals surface area contributed by atoms with E-state index in [-0.39, 0.29) is 29.8 Å². The minimum Gasteiger partial charge on any atom is -0.492 e. The third-order valence-electron chi connectivity index (χ3n) is 3.08. The van der Waals surface area contributed by atoms with Crippen molar-refractivity contribution in [2.45, 2.75) is 26.3 Å². The maximum absolute atomic E-state index is 12.3. The van der Waals surface area contributed by atoms with Gasteiger partial charge in [0.05, 0.1) is 12.1 Å². The molecule has 21 heavy (non-hydrogen) atoms. The Morgan fingerprint density at radius 2 is 1.90 bits per heavy atom. The number of halogens is 1. The molecule has 0 unspecified atom stereocenters. The van der Waals surface area contributed by atoms with Gasteiger partial charge in [-0.3, -0.25) is 14.3 Å². The smallest absolute Gasteiger partial charge is 0.329 e. The van der Waals surface area contributed by atoms with Crippen LogP contribution in [0.4, 0.5) is 0 Å². The first kappa shape index (κ1) is 15.4. The predicted octanol–water partition coefficient (Wildman–Crippen LogP) is 2.39. The summed E-state index contributed by atoms with van der Waals surface area (Å²) in [7, 11) is 0. The average Bonchev–Trinajstić information content (AvgIpc) is 2.42. The molecule has 5 nitrogen and oxygen atoms in total. The minimum absolute atomic E-state index is 0.0665. The Balaban J connectivity index is 2.19. The van der Waals surface area contributed by atoms with Gasteiger partial charge < -0.3 is 4.74 Å². The molecule has 2 rings (SSSR count). The number of aromatic amines is 1. The van der Waals surface area contributed by atoms with Crippen molar-refractivity contribution >= 4 is 11.6 Å². The molecule has 6 heteroatoms. The molecule has 1 N–H and O–H groups in total. The lowest BCUT2D eigenvalue weighted by atomic mass is 10.1. The average molecular weight is 309 g/mol. The summed E-state index contributed by atoms with van der Waals surface area (Å²) in [5.41, 5.74) is -0.475. The highest BCUT2D eigenvalue weighted by Gasteiger charge is 2.15. The molecule has 0 amide bonds. The monoisotopic (exact) mass is 308 g/mol. The second-order valence-corrected chi connectivity index (χ2v) is 5.31. The fraction of sp³-hybridized carbons (Fsp3) is 0.333. The molecular formula is C15H17ClN2O3. The summed E-state index contributed by atoms with van der Waals surface area (Å²) in [4.78, 5) is 26.6. The van der Waals surface area contributed by atoms with Crippen molar-refractivity contribution < 1.29 is 4.74 Å². The molecule has 1 aromatic heterocycles. The number of benzene rings is 1. The molecule has 0 saturated heterocycles. The number of hydrogen-bond acceptors (Lipinski definition) is 3. The zero-order chi connectivity index (χ0) is 15.4. The van der Waals surface area contributed by atoms with Crippen molar-refractivity contribution in [3.05, 3.63) is 61.9 Å². The SMILES string of the molecule is CC(C)c1c(Cl)[nH]c(=O)n(CCOc2ccccc2)c1=O. The van der Waals surface area contributed by atoms with Crippen molar-refractivity contribution in [2.24, 2.45) is 0 Å². The molecule has 1 heterocycles. The van der Waals surface area contributed by atoms with Gasteiger partial charge in [0.15, 0.2) is 0 Å². The highest BCUT2D eigenvalue weighted by molar-refractivity contribution is 6.30. The highest BCUT2D eigenvalue weighted by Crippen LogP contribution is 2.16. The van der Waals surface area contributed by atoms with E-state index >= 15 is 0 Å². The van der Waals surface area contributed by atoms with E-state index in [1.54, 1.807) is 0 Å². The molecule has 0 saturated carbocycles. The zero-order valence-corrected chi connectivity index (χ0v) is 12.7. The van der Waals surface area contributed by atoms with Crippen LogP contribution in [0, 0.1) is 0 Å². The van der Waals surface area contributed by atoms with Crippen LogP contribution in [0.15, 0.2) is 39.9 Å². The lowest BCUT2D eigenvalue weighted by Gasteiger charge is -2.11. The first-order chi connectivity index (χ1) is 10.0. The number of nitrogens with zero attached hydrogens (tertiary/aromatic N) is 1. The molecule has 1 aromatic carbocycles. The van der Waals surface area contributed by atoms with Gasteiger partial charge in [-0.25, -0.2) is 4.79 Å². The van der Waals surface area contributed by atoms with Crippen molar-refractivity contribution in [1.29, 1.82) is 0 Å². The molecule has 0 spiro atoms. The van der Waals surface area contributed by atoms with Crippen LogP contribution in [0.1, 0.15) is 25.3 Å². The van der Waals surface area contributed by atoms with E-state index in [1.807, 2.05) is 44.2 Å². The first-order valence-corrected chi connectivity index (χ1v) is 7.09. The number of H-pyrrole nitrogens is 1. The first-order valence-electron chi connectivity index (χ1n) is 6.71. The van der Waals surface area contributed by atoms with Crippen LogP contribution in [0.5, 0.6) is 5.75 Å². The van der Waals surface area contributed by atoms with Gasteiger partial charge in [0.25, 0.3) is 5.56 Å². The van der Waals surface area contributed by atoms with Gasteiger partial charge in [-0.2, -0.15) is 0 Å². The number of para-hydroxylation sites is 1. The van der Waals surface area contributed by atoms with Crippen LogP contribution in [0.25, 0.3) is 0 Å². The van der Waals surface area contributed by atoms with E-state index in [2.05, 4.69) is 4.98 Å². The third kappa shape index (κ3) is 3.55. The van der Waals surface area contributed by atoms with Crippen LogP contribution in [-0.2, 0) is 6.54 Å². The summed E-state index contributed by atoms with van der Waals surface area (Å²) in [6.07, 6.45) is 0. The van der Waals surface area contributed by atoms with Gasteiger partial charge in [-0.1, -0.05) is 43.6 Å². The second-order valence-electron chi connectivity index (χ2n) is 4.93. The van der Waals surface area contributed by atoms with Gasteiger partial charge in [0.1, 0.15) is 17.5 Å².